The van der Waals surface area contributed by atoms with Gasteiger partial charge in [0.25, 0.3) is 0 Å². The molecule has 2 nitrogen and oxygen atoms in total. The van der Waals surface area contributed by atoms with Crippen LogP contribution in [0.2, 0.25) is 0 Å². The quantitative estimate of drug-likeness (QED) is 0.884. The van der Waals surface area contributed by atoms with Crippen molar-refractivity contribution in [2.24, 2.45) is 11.8 Å². The minimum Gasteiger partial charge on any atom is -0.308 e. The van der Waals surface area contributed by atoms with Gasteiger partial charge < -0.3 is 5.32 Å². The summed E-state index contributed by atoms with van der Waals surface area (Å²) in [4.78, 5) is 6.55. The molecule has 3 unspecified atom stereocenters. The maximum absolute atomic E-state index is 4.99. The molecule has 1 N–H and O–H groups in total. The average Bonchev–Trinajstić information content (AvgIpc) is 2.90. The number of thiazole rings is 1. The minimum atomic E-state index is 0.154. The summed E-state index contributed by atoms with van der Waals surface area (Å²) in [6.45, 7) is 4.79. The summed E-state index contributed by atoms with van der Waals surface area (Å²) in [6.07, 6.45) is 7.68. The second-order valence-electron chi connectivity index (χ2n) is 6.24. The molecule has 2 aliphatic carbocycles. The molecule has 0 saturated heterocycles. The van der Waals surface area contributed by atoms with Gasteiger partial charge in [-0.25, -0.2) is 4.98 Å². The van der Waals surface area contributed by atoms with E-state index in [1.165, 1.54) is 49.2 Å². The summed E-state index contributed by atoms with van der Waals surface area (Å²) in [7, 11) is 2.12. The first kappa shape index (κ1) is 12.6. The van der Waals surface area contributed by atoms with Gasteiger partial charge in [0.15, 0.2) is 0 Å². The lowest BCUT2D eigenvalue weighted by molar-refractivity contribution is 0.130. The van der Waals surface area contributed by atoms with Gasteiger partial charge in [-0.1, -0.05) is 13.8 Å². The molecular weight excluding hydrogens is 240 g/mol. The second-order valence-corrected chi connectivity index (χ2v) is 7.33. The third kappa shape index (κ3) is 1.83. The molecule has 2 aliphatic rings. The van der Waals surface area contributed by atoms with E-state index in [0.717, 1.165) is 5.92 Å². The number of hydrogen-bond acceptors (Lipinski definition) is 3. The zero-order chi connectivity index (χ0) is 12.8. The standard InChI is InChI=1S/C15H24N2S/c1-10-7-8-15(16-3,11(2)9-10)14-17-12-5-4-6-13(12)18-14/h10-11,16H,4-9H2,1-3H3. The SMILES string of the molecule is CNC1(c2nc3c(s2)CCC3)CCC(C)CC1C. The average molecular weight is 264 g/mol. The van der Waals surface area contributed by atoms with Crippen molar-refractivity contribution < 1.29 is 0 Å². The summed E-state index contributed by atoms with van der Waals surface area (Å²) < 4.78 is 0. The Morgan fingerprint density at radius 2 is 2.17 bits per heavy atom. The van der Waals surface area contributed by atoms with E-state index in [-0.39, 0.29) is 5.54 Å². The van der Waals surface area contributed by atoms with Crippen molar-refractivity contribution >= 4 is 11.3 Å². The lowest BCUT2D eigenvalue weighted by atomic mass is 9.70. The fourth-order valence-corrected chi connectivity index (χ4v) is 5.31. The molecule has 1 aromatic heterocycles. The summed E-state index contributed by atoms with van der Waals surface area (Å²) in [5.41, 5.74) is 1.55. The maximum atomic E-state index is 4.99. The molecule has 0 radical (unpaired) electrons. The Bertz CT molecular complexity index is 418. The first-order valence-corrected chi connectivity index (χ1v) is 8.15. The molecule has 0 amide bonds. The Labute approximate surface area is 114 Å². The highest BCUT2D eigenvalue weighted by molar-refractivity contribution is 7.12. The summed E-state index contributed by atoms with van der Waals surface area (Å²) in [5.74, 6) is 1.56. The van der Waals surface area contributed by atoms with E-state index in [9.17, 15) is 0 Å². The van der Waals surface area contributed by atoms with Crippen LogP contribution in [-0.4, -0.2) is 12.0 Å². The van der Waals surface area contributed by atoms with Crippen LogP contribution >= 0.6 is 11.3 Å². The van der Waals surface area contributed by atoms with Gasteiger partial charge >= 0.3 is 0 Å². The van der Waals surface area contributed by atoms with Crippen LogP contribution in [-0.2, 0) is 18.4 Å². The summed E-state index contributed by atoms with van der Waals surface area (Å²) >= 11 is 1.98. The van der Waals surface area contributed by atoms with Gasteiger partial charge in [-0.2, -0.15) is 0 Å². The number of aromatic nitrogens is 1. The van der Waals surface area contributed by atoms with Gasteiger partial charge in [-0.15, -0.1) is 11.3 Å². The molecule has 1 aromatic rings. The molecule has 1 heterocycles. The number of nitrogens with one attached hydrogen (secondary N) is 1. The Morgan fingerprint density at radius 3 is 2.83 bits per heavy atom. The largest absolute Gasteiger partial charge is 0.308 e. The molecule has 100 valence electrons. The van der Waals surface area contributed by atoms with E-state index >= 15 is 0 Å². The molecule has 1 fully saturated rings. The molecular formula is C15H24N2S. The molecule has 1 saturated carbocycles. The summed E-state index contributed by atoms with van der Waals surface area (Å²) in [5, 5.41) is 5.01. The number of rotatable bonds is 2. The predicted molar refractivity (Wildman–Crippen MR) is 77.1 cm³/mol. The topological polar surface area (TPSA) is 24.9 Å². The van der Waals surface area contributed by atoms with E-state index in [1.807, 2.05) is 11.3 Å². The normalized spacial score (nSPS) is 35.7. The van der Waals surface area contributed by atoms with Crippen molar-refractivity contribution in [1.29, 1.82) is 0 Å². The van der Waals surface area contributed by atoms with Crippen LogP contribution < -0.4 is 5.32 Å². The summed E-state index contributed by atoms with van der Waals surface area (Å²) in [6, 6.07) is 0. The number of aryl methyl sites for hydroxylation is 2. The van der Waals surface area contributed by atoms with Crippen molar-refractivity contribution in [2.45, 2.75) is 57.9 Å². The molecule has 0 aromatic carbocycles. The van der Waals surface area contributed by atoms with Crippen molar-refractivity contribution in [3.63, 3.8) is 0 Å². The highest BCUT2D eigenvalue weighted by Gasteiger charge is 2.43. The van der Waals surface area contributed by atoms with Gasteiger partial charge in [-0.3, -0.25) is 0 Å². The third-order valence-corrected chi connectivity index (χ3v) is 6.39. The van der Waals surface area contributed by atoms with E-state index in [1.54, 1.807) is 4.88 Å². The fraction of sp³-hybridized carbons (Fsp3) is 0.800. The number of nitrogens with zero attached hydrogens (tertiary/aromatic N) is 1. The number of hydrogen-bond donors (Lipinski definition) is 1. The monoisotopic (exact) mass is 264 g/mol. The molecule has 0 spiro atoms. The highest BCUT2D eigenvalue weighted by atomic mass is 32.1. The minimum absolute atomic E-state index is 0.154. The Kier molecular flexibility index (Phi) is 3.23. The molecule has 0 aliphatic heterocycles. The first-order chi connectivity index (χ1) is 8.65. The Balaban J connectivity index is 1.95. The van der Waals surface area contributed by atoms with Crippen LogP contribution in [0, 0.1) is 11.8 Å². The first-order valence-electron chi connectivity index (χ1n) is 7.33. The lowest BCUT2D eigenvalue weighted by Gasteiger charge is -2.43. The predicted octanol–water partition coefficient (Wildman–Crippen LogP) is 3.50. The van der Waals surface area contributed by atoms with Crippen molar-refractivity contribution in [3.05, 3.63) is 15.6 Å². The van der Waals surface area contributed by atoms with Crippen molar-refractivity contribution in [2.75, 3.05) is 7.05 Å². The van der Waals surface area contributed by atoms with Gasteiger partial charge in [-0.05, 0) is 57.4 Å². The van der Waals surface area contributed by atoms with E-state index < -0.39 is 0 Å². The van der Waals surface area contributed by atoms with Gasteiger partial charge in [0, 0.05) is 4.88 Å². The van der Waals surface area contributed by atoms with Gasteiger partial charge in [0.05, 0.1) is 11.2 Å². The molecule has 0 bridgehead atoms. The van der Waals surface area contributed by atoms with E-state index in [0.29, 0.717) is 5.92 Å². The lowest BCUT2D eigenvalue weighted by Crippen LogP contribution is -2.48. The zero-order valence-electron chi connectivity index (χ0n) is 11.8. The maximum Gasteiger partial charge on any atom is 0.114 e. The van der Waals surface area contributed by atoms with Crippen LogP contribution in [0.5, 0.6) is 0 Å². The molecule has 18 heavy (non-hydrogen) atoms. The highest BCUT2D eigenvalue weighted by Crippen LogP contribution is 2.46. The molecule has 3 rings (SSSR count). The number of fused-ring (bicyclic) bond motifs is 1. The van der Waals surface area contributed by atoms with Crippen LogP contribution in [0.3, 0.4) is 0 Å². The second kappa shape index (κ2) is 4.61. The molecule has 3 atom stereocenters. The Hall–Kier alpha value is -0.410. The van der Waals surface area contributed by atoms with E-state index in [4.69, 9.17) is 4.98 Å². The van der Waals surface area contributed by atoms with E-state index in [2.05, 4.69) is 26.2 Å². The van der Waals surface area contributed by atoms with Crippen LogP contribution in [0.25, 0.3) is 0 Å². The molecule has 3 heteroatoms. The van der Waals surface area contributed by atoms with Crippen molar-refractivity contribution in [1.82, 2.24) is 10.3 Å². The van der Waals surface area contributed by atoms with Crippen LogP contribution in [0.1, 0.15) is 55.1 Å². The van der Waals surface area contributed by atoms with Crippen LogP contribution in [0.15, 0.2) is 0 Å². The van der Waals surface area contributed by atoms with Gasteiger partial charge in [0.2, 0.25) is 0 Å². The Morgan fingerprint density at radius 1 is 1.33 bits per heavy atom. The van der Waals surface area contributed by atoms with Gasteiger partial charge in [0.1, 0.15) is 5.01 Å². The zero-order valence-corrected chi connectivity index (χ0v) is 12.6. The third-order valence-electron chi connectivity index (χ3n) is 5.05. The van der Waals surface area contributed by atoms with Crippen LogP contribution in [0.4, 0.5) is 0 Å². The van der Waals surface area contributed by atoms with Crippen molar-refractivity contribution in [3.8, 4) is 0 Å². The fourth-order valence-electron chi connectivity index (χ4n) is 3.82. The smallest absolute Gasteiger partial charge is 0.114 e.